The SMILES string of the molecule is Br.CCCCCCCCCCCCCCCCCCCC.CN(C)C. The third-order valence-electron chi connectivity index (χ3n) is 4.46. The zero-order valence-electron chi connectivity index (χ0n) is 18.6. The molecule has 0 aromatic carbocycles. The van der Waals surface area contributed by atoms with E-state index in [0.29, 0.717) is 0 Å². The highest BCUT2D eigenvalue weighted by atomic mass is 79.9. The Kier molecular flexibility index (Phi) is 35.3. The lowest BCUT2D eigenvalue weighted by molar-refractivity contribution is 0.505. The zero-order chi connectivity index (χ0) is 18.3. The van der Waals surface area contributed by atoms with Crippen LogP contribution in [0, 0.1) is 0 Å². The molecule has 0 N–H and O–H groups in total. The van der Waals surface area contributed by atoms with E-state index in [4.69, 9.17) is 0 Å². The van der Waals surface area contributed by atoms with Crippen molar-refractivity contribution in [1.29, 1.82) is 0 Å². The van der Waals surface area contributed by atoms with E-state index >= 15 is 0 Å². The van der Waals surface area contributed by atoms with Gasteiger partial charge in [-0.1, -0.05) is 129 Å². The van der Waals surface area contributed by atoms with Crippen molar-refractivity contribution in [2.24, 2.45) is 0 Å². The molecule has 0 spiro atoms. The van der Waals surface area contributed by atoms with E-state index in [0.717, 1.165) is 0 Å². The smallest absolute Gasteiger partial charge is 0.0140 e. The molecular weight excluding hydrogens is 370 g/mol. The van der Waals surface area contributed by atoms with Gasteiger partial charge in [0, 0.05) is 0 Å². The average molecular weight is 423 g/mol. The van der Waals surface area contributed by atoms with Crippen molar-refractivity contribution in [2.45, 2.75) is 129 Å². The average Bonchev–Trinajstić information content (AvgIpc) is 2.54. The first kappa shape index (κ1) is 30.2. The second kappa shape index (κ2) is 29.2. The van der Waals surface area contributed by atoms with Crippen molar-refractivity contribution in [1.82, 2.24) is 4.90 Å². The minimum absolute atomic E-state index is 0. The van der Waals surface area contributed by atoms with E-state index in [9.17, 15) is 0 Å². The maximum Gasteiger partial charge on any atom is -0.0140 e. The lowest BCUT2D eigenvalue weighted by atomic mass is 10.0. The Balaban J connectivity index is -0.000000867. The maximum atomic E-state index is 2.30. The fraction of sp³-hybridized carbons (Fsp3) is 1.00. The first-order valence-electron chi connectivity index (χ1n) is 11.3. The highest BCUT2D eigenvalue weighted by molar-refractivity contribution is 8.93. The van der Waals surface area contributed by atoms with E-state index in [2.05, 4.69) is 13.8 Å². The van der Waals surface area contributed by atoms with Crippen molar-refractivity contribution in [3.05, 3.63) is 0 Å². The molecule has 0 amide bonds. The lowest BCUT2D eigenvalue weighted by Crippen LogP contribution is -1.99. The summed E-state index contributed by atoms with van der Waals surface area (Å²) in [5.41, 5.74) is 0. The van der Waals surface area contributed by atoms with Crippen LogP contribution >= 0.6 is 17.0 Å². The first-order valence-corrected chi connectivity index (χ1v) is 11.3. The van der Waals surface area contributed by atoms with Gasteiger partial charge in [-0.2, -0.15) is 0 Å². The molecule has 0 fully saturated rings. The molecule has 0 aliphatic carbocycles. The van der Waals surface area contributed by atoms with Gasteiger partial charge in [0.2, 0.25) is 0 Å². The number of halogens is 1. The summed E-state index contributed by atoms with van der Waals surface area (Å²) in [6, 6.07) is 0. The Morgan fingerprint density at radius 2 is 0.480 bits per heavy atom. The third-order valence-corrected chi connectivity index (χ3v) is 4.46. The quantitative estimate of drug-likeness (QED) is 0.212. The predicted octanol–water partition coefficient (Wildman–Crippen LogP) is 8.80. The largest absolute Gasteiger partial charge is 0.312 e. The summed E-state index contributed by atoms with van der Waals surface area (Å²) in [6.45, 7) is 4.59. The molecule has 0 unspecified atom stereocenters. The van der Waals surface area contributed by atoms with Gasteiger partial charge in [-0.3, -0.25) is 0 Å². The Morgan fingerprint density at radius 1 is 0.360 bits per heavy atom. The van der Waals surface area contributed by atoms with E-state index in [1.54, 1.807) is 0 Å². The highest BCUT2D eigenvalue weighted by Gasteiger charge is 1.94. The molecule has 0 aliphatic heterocycles. The molecule has 0 bridgehead atoms. The van der Waals surface area contributed by atoms with Gasteiger partial charge in [0.05, 0.1) is 0 Å². The van der Waals surface area contributed by atoms with Crippen molar-refractivity contribution >= 4 is 17.0 Å². The van der Waals surface area contributed by atoms with Crippen LogP contribution in [0.5, 0.6) is 0 Å². The standard InChI is InChI=1S/C20H42.C3H9N.BrH/c1-3-5-7-9-11-13-15-17-19-20-18-16-14-12-10-8-6-4-2;1-4(2)3;/h3-20H2,1-2H3;1-3H3;1H. The molecule has 25 heavy (non-hydrogen) atoms. The van der Waals surface area contributed by atoms with Crippen LogP contribution in [0.15, 0.2) is 0 Å². The molecule has 0 aliphatic rings. The molecule has 2 heteroatoms. The summed E-state index contributed by atoms with van der Waals surface area (Å²) in [6.07, 6.45) is 26.4. The van der Waals surface area contributed by atoms with Gasteiger partial charge in [0.1, 0.15) is 0 Å². The number of hydrogen-bond acceptors (Lipinski definition) is 1. The van der Waals surface area contributed by atoms with E-state index in [1.807, 2.05) is 26.0 Å². The molecule has 0 aromatic heterocycles. The van der Waals surface area contributed by atoms with Crippen LogP contribution in [-0.4, -0.2) is 26.0 Å². The second-order valence-electron chi connectivity index (χ2n) is 8.00. The number of unbranched alkanes of at least 4 members (excludes halogenated alkanes) is 17. The van der Waals surface area contributed by atoms with E-state index in [-0.39, 0.29) is 17.0 Å². The minimum Gasteiger partial charge on any atom is -0.312 e. The fourth-order valence-electron chi connectivity index (χ4n) is 2.97. The molecule has 0 heterocycles. The summed E-state index contributed by atoms with van der Waals surface area (Å²) in [5.74, 6) is 0. The van der Waals surface area contributed by atoms with Crippen LogP contribution in [0.1, 0.15) is 129 Å². The topological polar surface area (TPSA) is 3.24 Å². The van der Waals surface area contributed by atoms with Gasteiger partial charge in [0.25, 0.3) is 0 Å². The summed E-state index contributed by atoms with van der Waals surface area (Å²) in [7, 11) is 6.00. The van der Waals surface area contributed by atoms with Crippen molar-refractivity contribution < 1.29 is 0 Å². The second-order valence-corrected chi connectivity index (χ2v) is 8.00. The number of hydrogen-bond donors (Lipinski definition) is 0. The molecule has 0 saturated carbocycles. The van der Waals surface area contributed by atoms with Gasteiger partial charge in [-0.25, -0.2) is 0 Å². The molecule has 0 atom stereocenters. The van der Waals surface area contributed by atoms with Gasteiger partial charge in [-0.05, 0) is 21.1 Å². The molecule has 1 nitrogen and oxygen atoms in total. The predicted molar refractivity (Wildman–Crippen MR) is 124 cm³/mol. The molecular formula is C23H52BrN. The Labute approximate surface area is 172 Å². The number of nitrogens with zero attached hydrogens (tertiary/aromatic N) is 1. The normalized spacial score (nSPS) is 10.3. The lowest BCUT2D eigenvalue weighted by Gasteiger charge is -2.03. The van der Waals surface area contributed by atoms with Crippen LogP contribution in [-0.2, 0) is 0 Å². The van der Waals surface area contributed by atoms with Crippen molar-refractivity contribution in [2.75, 3.05) is 21.1 Å². The van der Waals surface area contributed by atoms with Gasteiger partial charge < -0.3 is 4.90 Å². The first-order chi connectivity index (χ1) is 11.6. The molecule has 156 valence electrons. The molecule has 0 radical (unpaired) electrons. The third kappa shape index (κ3) is 40.5. The molecule has 0 rings (SSSR count). The monoisotopic (exact) mass is 421 g/mol. The van der Waals surface area contributed by atoms with Gasteiger partial charge >= 0.3 is 0 Å². The Hall–Kier alpha value is 0.440. The summed E-state index contributed by atoms with van der Waals surface area (Å²) >= 11 is 0. The van der Waals surface area contributed by atoms with Crippen LogP contribution in [0.2, 0.25) is 0 Å². The van der Waals surface area contributed by atoms with E-state index < -0.39 is 0 Å². The summed E-state index contributed by atoms with van der Waals surface area (Å²) < 4.78 is 0. The van der Waals surface area contributed by atoms with Crippen LogP contribution in [0.3, 0.4) is 0 Å². The van der Waals surface area contributed by atoms with Crippen molar-refractivity contribution in [3.8, 4) is 0 Å². The minimum atomic E-state index is 0. The maximum absolute atomic E-state index is 2.30. The van der Waals surface area contributed by atoms with Gasteiger partial charge in [-0.15, -0.1) is 17.0 Å². The van der Waals surface area contributed by atoms with Crippen LogP contribution < -0.4 is 0 Å². The highest BCUT2D eigenvalue weighted by Crippen LogP contribution is 2.14. The van der Waals surface area contributed by atoms with Gasteiger partial charge in [0.15, 0.2) is 0 Å². The number of rotatable bonds is 17. The summed E-state index contributed by atoms with van der Waals surface area (Å²) in [5, 5.41) is 0. The summed E-state index contributed by atoms with van der Waals surface area (Å²) in [4.78, 5) is 2.00. The Bertz CT molecular complexity index is 174. The molecule has 0 saturated heterocycles. The van der Waals surface area contributed by atoms with Crippen molar-refractivity contribution in [3.63, 3.8) is 0 Å². The fourth-order valence-corrected chi connectivity index (χ4v) is 2.97. The van der Waals surface area contributed by atoms with E-state index in [1.165, 1.54) is 116 Å². The Morgan fingerprint density at radius 3 is 0.600 bits per heavy atom. The zero-order valence-corrected chi connectivity index (χ0v) is 20.3. The molecule has 0 aromatic rings. The van der Waals surface area contributed by atoms with Crippen LogP contribution in [0.4, 0.5) is 0 Å². The van der Waals surface area contributed by atoms with Crippen LogP contribution in [0.25, 0.3) is 0 Å².